The zero-order valence-electron chi connectivity index (χ0n) is 17.7. The highest BCUT2D eigenvalue weighted by Crippen LogP contribution is 2.38. The Morgan fingerprint density at radius 2 is 1.69 bits per heavy atom. The molecule has 3 rings (SSSR count). The van der Waals surface area contributed by atoms with Crippen LogP contribution in [0.25, 0.3) is 10.9 Å². The van der Waals surface area contributed by atoms with Gasteiger partial charge in [0.2, 0.25) is 5.78 Å². The Bertz CT molecular complexity index is 1200. The second-order valence-electron chi connectivity index (χ2n) is 6.84. The highest BCUT2D eigenvalue weighted by Gasteiger charge is 2.26. The third-order valence-corrected chi connectivity index (χ3v) is 5.45. The number of benzene rings is 2. The minimum Gasteiger partial charge on any atom is -0.496 e. The molecule has 0 fully saturated rings. The first-order chi connectivity index (χ1) is 15.3. The maximum atomic E-state index is 13.0. The average Bonchev–Trinajstić information content (AvgIpc) is 3.15. The molecule has 7 nitrogen and oxygen atoms in total. The van der Waals surface area contributed by atoms with Crippen LogP contribution < -0.4 is 9.47 Å². The molecule has 0 bridgehead atoms. The first-order valence-corrected chi connectivity index (χ1v) is 10.5. The molecule has 0 aliphatic carbocycles. The van der Waals surface area contributed by atoms with Crippen LogP contribution in [0.1, 0.15) is 29.3 Å². The number of halogens is 2. The van der Waals surface area contributed by atoms with Gasteiger partial charge in [0.05, 0.1) is 38.2 Å². The number of carbonyl (C=O) groups excluding carboxylic acids is 3. The molecule has 0 saturated carbocycles. The lowest BCUT2D eigenvalue weighted by molar-refractivity contribution is -0.153. The van der Waals surface area contributed by atoms with E-state index in [1.165, 1.54) is 14.2 Å². The molecule has 9 heteroatoms. The molecule has 0 spiro atoms. The number of esters is 1. The lowest BCUT2D eigenvalue weighted by atomic mass is 10.0. The Hall–Kier alpha value is -3.03. The topological polar surface area (TPSA) is 83.8 Å². The number of Topliss-reactive ketones (excluding diaryl/α,β-unsaturated/α-hetero) is 2. The zero-order valence-corrected chi connectivity index (χ0v) is 19.2. The van der Waals surface area contributed by atoms with Gasteiger partial charge in [-0.15, -0.1) is 0 Å². The maximum Gasteiger partial charge on any atom is 0.375 e. The van der Waals surface area contributed by atoms with Crippen LogP contribution in [0.5, 0.6) is 11.5 Å². The average molecular weight is 478 g/mol. The van der Waals surface area contributed by atoms with Crippen molar-refractivity contribution in [3.63, 3.8) is 0 Å². The molecular formula is C23H21Cl2NO6. The summed E-state index contributed by atoms with van der Waals surface area (Å²) in [7, 11) is 2.99. The van der Waals surface area contributed by atoms with E-state index in [2.05, 4.69) is 0 Å². The molecule has 1 aromatic heterocycles. The minimum atomic E-state index is -1.04. The number of hydrogen-bond donors (Lipinski definition) is 0. The summed E-state index contributed by atoms with van der Waals surface area (Å²) < 4.78 is 17.5. The van der Waals surface area contributed by atoms with E-state index >= 15 is 0 Å². The second-order valence-corrected chi connectivity index (χ2v) is 7.69. The Kier molecular flexibility index (Phi) is 7.43. The number of hydrogen-bond acceptors (Lipinski definition) is 6. The van der Waals surface area contributed by atoms with Crippen molar-refractivity contribution in [3.8, 4) is 11.5 Å². The number of carbonyl (C=O) groups is 3. The van der Waals surface area contributed by atoms with Crippen molar-refractivity contribution in [1.82, 2.24) is 4.57 Å². The summed E-state index contributed by atoms with van der Waals surface area (Å²) in [6, 6.07) is 8.53. The van der Waals surface area contributed by atoms with Crippen molar-refractivity contribution in [3.05, 3.63) is 57.7 Å². The van der Waals surface area contributed by atoms with Crippen molar-refractivity contribution in [2.75, 3.05) is 20.8 Å². The lowest BCUT2D eigenvalue weighted by Crippen LogP contribution is -2.20. The van der Waals surface area contributed by atoms with Gasteiger partial charge in [-0.1, -0.05) is 29.3 Å². The Balaban J connectivity index is 2.13. The SMILES string of the molecule is CCOC(=O)C(=O)CC(=O)c1cn(Cc2ccc(Cl)cc2Cl)c2c(OC)ccc(OC)c12. The van der Waals surface area contributed by atoms with Crippen molar-refractivity contribution >= 4 is 51.6 Å². The monoisotopic (exact) mass is 477 g/mol. The van der Waals surface area contributed by atoms with Crippen molar-refractivity contribution < 1.29 is 28.6 Å². The van der Waals surface area contributed by atoms with Gasteiger partial charge in [-0.25, -0.2) is 4.79 Å². The predicted molar refractivity (Wildman–Crippen MR) is 121 cm³/mol. The summed E-state index contributed by atoms with van der Waals surface area (Å²) in [4.78, 5) is 36.9. The molecule has 0 radical (unpaired) electrons. The van der Waals surface area contributed by atoms with Crippen LogP contribution in [0.3, 0.4) is 0 Å². The number of ketones is 2. The molecule has 0 atom stereocenters. The maximum absolute atomic E-state index is 13.0. The molecule has 168 valence electrons. The van der Waals surface area contributed by atoms with Crippen LogP contribution in [0.2, 0.25) is 10.0 Å². The molecule has 0 saturated heterocycles. The summed E-state index contributed by atoms with van der Waals surface area (Å²) in [5.41, 5.74) is 1.57. The fourth-order valence-electron chi connectivity index (χ4n) is 3.41. The Morgan fingerprint density at radius 1 is 1.00 bits per heavy atom. The van der Waals surface area contributed by atoms with Gasteiger partial charge in [0.15, 0.2) is 5.78 Å². The zero-order chi connectivity index (χ0) is 23.4. The molecule has 1 heterocycles. The van der Waals surface area contributed by atoms with E-state index < -0.39 is 24.0 Å². The van der Waals surface area contributed by atoms with E-state index in [0.29, 0.717) is 39.0 Å². The largest absolute Gasteiger partial charge is 0.496 e. The number of rotatable bonds is 9. The van der Waals surface area contributed by atoms with E-state index in [1.54, 1.807) is 48.0 Å². The van der Waals surface area contributed by atoms with Gasteiger partial charge in [0, 0.05) is 28.4 Å². The van der Waals surface area contributed by atoms with Crippen LogP contribution in [0.4, 0.5) is 0 Å². The smallest absolute Gasteiger partial charge is 0.375 e. The third kappa shape index (κ3) is 4.74. The third-order valence-electron chi connectivity index (χ3n) is 4.86. The minimum absolute atomic E-state index is 0.0466. The Morgan fingerprint density at radius 3 is 2.31 bits per heavy atom. The van der Waals surface area contributed by atoms with Gasteiger partial charge in [0.25, 0.3) is 0 Å². The quantitative estimate of drug-likeness (QED) is 0.192. The second kappa shape index (κ2) is 10.1. The van der Waals surface area contributed by atoms with Crippen LogP contribution in [0.15, 0.2) is 36.5 Å². The van der Waals surface area contributed by atoms with E-state index in [9.17, 15) is 14.4 Å². The molecule has 2 aromatic carbocycles. The molecule has 0 unspecified atom stereocenters. The van der Waals surface area contributed by atoms with Gasteiger partial charge in [-0.3, -0.25) is 9.59 Å². The number of fused-ring (bicyclic) bond motifs is 1. The van der Waals surface area contributed by atoms with Gasteiger partial charge < -0.3 is 18.8 Å². The van der Waals surface area contributed by atoms with Crippen LogP contribution in [0, 0.1) is 0 Å². The molecule has 0 amide bonds. The van der Waals surface area contributed by atoms with Crippen molar-refractivity contribution in [2.45, 2.75) is 19.9 Å². The lowest BCUT2D eigenvalue weighted by Gasteiger charge is -2.12. The predicted octanol–water partition coefficient (Wildman–Crippen LogP) is 4.72. The molecule has 0 N–H and O–H groups in total. The fraction of sp³-hybridized carbons (Fsp3) is 0.261. The number of ether oxygens (including phenoxy) is 3. The van der Waals surface area contributed by atoms with Gasteiger partial charge in [-0.05, 0) is 36.8 Å². The highest BCUT2D eigenvalue weighted by atomic mass is 35.5. The molecule has 3 aromatic rings. The van der Waals surface area contributed by atoms with Crippen LogP contribution >= 0.6 is 23.2 Å². The highest BCUT2D eigenvalue weighted by molar-refractivity contribution is 6.38. The first-order valence-electron chi connectivity index (χ1n) is 9.71. The van der Waals surface area contributed by atoms with Crippen LogP contribution in [-0.4, -0.2) is 42.9 Å². The van der Waals surface area contributed by atoms with Crippen molar-refractivity contribution in [2.24, 2.45) is 0 Å². The summed E-state index contributed by atoms with van der Waals surface area (Å²) in [5, 5.41) is 1.44. The van der Waals surface area contributed by atoms with E-state index in [4.69, 9.17) is 37.4 Å². The van der Waals surface area contributed by atoms with Crippen LogP contribution in [-0.2, 0) is 20.9 Å². The summed E-state index contributed by atoms with van der Waals surface area (Å²) in [5.74, 6) is -1.57. The number of aromatic nitrogens is 1. The first kappa shape index (κ1) is 23.6. The molecule has 0 aliphatic rings. The molecule has 0 aliphatic heterocycles. The normalized spacial score (nSPS) is 10.8. The summed E-state index contributed by atoms with van der Waals surface area (Å²) in [6.45, 7) is 1.93. The number of methoxy groups -OCH3 is 2. The summed E-state index contributed by atoms with van der Waals surface area (Å²) in [6.07, 6.45) is 0.974. The van der Waals surface area contributed by atoms with Gasteiger partial charge in [-0.2, -0.15) is 0 Å². The van der Waals surface area contributed by atoms with Gasteiger partial charge in [0.1, 0.15) is 11.5 Å². The van der Waals surface area contributed by atoms with E-state index in [-0.39, 0.29) is 12.2 Å². The molecular weight excluding hydrogens is 457 g/mol. The van der Waals surface area contributed by atoms with Gasteiger partial charge >= 0.3 is 5.97 Å². The molecule has 32 heavy (non-hydrogen) atoms. The summed E-state index contributed by atoms with van der Waals surface area (Å²) >= 11 is 12.4. The fourth-order valence-corrected chi connectivity index (χ4v) is 3.88. The van der Waals surface area contributed by atoms with E-state index in [1.807, 2.05) is 0 Å². The van der Waals surface area contributed by atoms with E-state index in [0.717, 1.165) is 5.56 Å². The standard InChI is InChI=1S/C23H21Cl2NO6/c1-4-32-23(29)18(28)10-17(27)15-12-26(11-13-5-6-14(24)9-16(13)25)22-20(31-3)8-7-19(30-2)21(15)22/h5-9,12H,4,10-11H2,1-3H3. The van der Waals surface area contributed by atoms with Crippen molar-refractivity contribution in [1.29, 1.82) is 0 Å². The number of nitrogens with zero attached hydrogens (tertiary/aromatic N) is 1. The Labute approximate surface area is 194 Å².